The average Bonchev–Trinajstić information content (AvgIpc) is 2.67. The second-order valence-corrected chi connectivity index (χ2v) is 7.65. The molecular formula is C22H34O2. The van der Waals surface area contributed by atoms with Gasteiger partial charge in [0.1, 0.15) is 6.10 Å². The maximum absolute atomic E-state index is 6.08. The van der Waals surface area contributed by atoms with E-state index in [1.807, 2.05) is 0 Å². The predicted molar refractivity (Wildman–Crippen MR) is 99.4 cm³/mol. The van der Waals surface area contributed by atoms with Crippen molar-refractivity contribution < 1.29 is 9.47 Å². The summed E-state index contributed by atoms with van der Waals surface area (Å²) >= 11 is 0. The molecule has 0 N–H and O–H groups in total. The minimum atomic E-state index is 0.116. The van der Waals surface area contributed by atoms with Crippen LogP contribution in [-0.2, 0) is 9.47 Å². The summed E-state index contributed by atoms with van der Waals surface area (Å²) in [5, 5.41) is 0. The van der Waals surface area contributed by atoms with Crippen LogP contribution in [0, 0.1) is 5.92 Å². The first-order valence-electron chi connectivity index (χ1n) is 10.1. The van der Waals surface area contributed by atoms with Gasteiger partial charge in [-0.2, -0.15) is 0 Å². The van der Waals surface area contributed by atoms with Crippen molar-refractivity contribution in [3.8, 4) is 0 Å². The molecule has 3 rings (SSSR count). The molecule has 2 nitrogen and oxygen atoms in total. The van der Waals surface area contributed by atoms with Crippen LogP contribution in [0.1, 0.15) is 88.4 Å². The van der Waals surface area contributed by atoms with Crippen LogP contribution in [0.3, 0.4) is 0 Å². The highest BCUT2D eigenvalue weighted by Crippen LogP contribution is 2.39. The van der Waals surface area contributed by atoms with Crippen LogP contribution in [0.4, 0.5) is 0 Å². The topological polar surface area (TPSA) is 18.5 Å². The van der Waals surface area contributed by atoms with Crippen molar-refractivity contribution in [1.82, 2.24) is 0 Å². The van der Waals surface area contributed by atoms with Crippen molar-refractivity contribution in [1.29, 1.82) is 0 Å². The predicted octanol–water partition coefficient (Wildman–Crippen LogP) is 6.02. The zero-order valence-corrected chi connectivity index (χ0v) is 15.5. The van der Waals surface area contributed by atoms with Gasteiger partial charge in [-0.3, -0.25) is 0 Å². The zero-order chi connectivity index (χ0) is 16.8. The molecule has 0 bridgehead atoms. The molecule has 0 radical (unpaired) electrons. The van der Waals surface area contributed by atoms with Crippen molar-refractivity contribution in [2.24, 2.45) is 5.92 Å². The summed E-state index contributed by atoms with van der Waals surface area (Å²) in [4.78, 5) is 0. The normalized spacial score (nSPS) is 31.1. The molecule has 4 unspecified atom stereocenters. The molecule has 1 heterocycles. The molecule has 1 aliphatic carbocycles. The molecule has 1 aromatic carbocycles. The lowest BCUT2D eigenvalue weighted by Gasteiger charge is -2.32. The average molecular weight is 331 g/mol. The van der Waals surface area contributed by atoms with Gasteiger partial charge in [0.05, 0.1) is 19.3 Å². The third-order valence-electron chi connectivity index (χ3n) is 6.02. The van der Waals surface area contributed by atoms with Gasteiger partial charge >= 0.3 is 0 Å². The van der Waals surface area contributed by atoms with Gasteiger partial charge in [-0.05, 0) is 42.2 Å². The second-order valence-electron chi connectivity index (χ2n) is 7.65. The first kappa shape index (κ1) is 17.9. The fourth-order valence-electron chi connectivity index (χ4n) is 4.43. The lowest BCUT2D eigenvalue weighted by molar-refractivity contribution is -0.137. The Morgan fingerprint density at radius 1 is 0.917 bits per heavy atom. The summed E-state index contributed by atoms with van der Waals surface area (Å²) in [6.07, 6.45) is 10.9. The fourth-order valence-corrected chi connectivity index (χ4v) is 4.43. The summed E-state index contributed by atoms with van der Waals surface area (Å²) in [5.41, 5.74) is 2.80. The smallest absolute Gasteiger partial charge is 0.106 e. The molecule has 4 atom stereocenters. The summed E-state index contributed by atoms with van der Waals surface area (Å²) in [7, 11) is 0. The molecule has 0 amide bonds. The maximum Gasteiger partial charge on any atom is 0.106 e. The summed E-state index contributed by atoms with van der Waals surface area (Å²) in [6, 6.07) is 9.25. The third kappa shape index (κ3) is 4.40. The first-order chi connectivity index (χ1) is 11.8. The van der Waals surface area contributed by atoms with Gasteiger partial charge in [0.2, 0.25) is 0 Å². The Morgan fingerprint density at radius 3 is 2.33 bits per heavy atom. The second kappa shape index (κ2) is 9.01. The largest absolute Gasteiger partial charge is 0.373 e. The number of rotatable bonds is 6. The quantitative estimate of drug-likeness (QED) is 0.635. The lowest BCUT2D eigenvalue weighted by atomic mass is 9.74. The van der Waals surface area contributed by atoms with Crippen LogP contribution in [0.2, 0.25) is 0 Å². The van der Waals surface area contributed by atoms with E-state index in [-0.39, 0.29) is 6.10 Å². The number of benzene rings is 1. The van der Waals surface area contributed by atoms with Gasteiger partial charge in [0.15, 0.2) is 0 Å². The molecule has 1 saturated heterocycles. The van der Waals surface area contributed by atoms with E-state index in [9.17, 15) is 0 Å². The Balaban J connectivity index is 1.57. The van der Waals surface area contributed by atoms with Crippen LogP contribution >= 0.6 is 0 Å². The van der Waals surface area contributed by atoms with Gasteiger partial charge in [-0.25, -0.2) is 0 Å². The molecule has 134 valence electrons. The zero-order valence-electron chi connectivity index (χ0n) is 15.5. The lowest BCUT2D eigenvalue weighted by Crippen LogP contribution is -2.31. The third-order valence-corrected chi connectivity index (χ3v) is 6.02. The Hall–Kier alpha value is -0.860. The van der Waals surface area contributed by atoms with E-state index in [1.165, 1.54) is 56.1 Å². The number of ether oxygens (including phenoxy) is 2. The van der Waals surface area contributed by atoms with Crippen LogP contribution in [-0.4, -0.2) is 19.3 Å². The molecule has 2 heteroatoms. The molecule has 24 heavy (non-hydrogen) atoms. The molecule has 1 aromatic rings. The van der Waals surface area contributed by atoms with Crippen molar-refractivity contribution >= 4 is 0 Å². The van der Waals surface area contributed by atoms with Crippen molar-refractivity contribution in [2.45, 2.75) is 83.3 Å². The van der Waals surface area contributed by atoms with Gasteiger partial charge in [-0.15, -0.1) is 0 Å². The van der Waals surface area contributed by atoms with E-state index in [1.54, 1.807) is 0 Å². The Bertz CT molecular complexity index is 473. The molecule has 0 aromatic heterocycles. The highest BCUT2D eigenvalue weighted by molar-refractivity contribution is 5.28. The monoisotopic (exact) mass is 330 g/mol. The van der Waals surface area contributed by atoms with Crippen molar-refractivity contribution in [3.63, 3.8) is 0 Å². The van der Waals surface area contributed by atoms with Crippen LogP contribution < -0.4 is 0 Å². The van der Waals surface area contributed by atoms with Gasteiger partial charge in [-0.1, -0.05) is 70.2 Å². The standard InChI is InChI=1S/C22H34O2/c1-3-5-9-20-15-24-22(16-23-20)19-13-11-18(12-14-19)21-10-7-6-8-17(21)4-2/h11-14,17,20-22H,3-10,15-16H2,1-2H3. The molecule has 1 aliphatic heterocycles. The fraction of sp³-hybridized carbons (Fsp3) is 0.727. The highest BCUT2D eigenvalue weighted by atomic mass is 16.6. The van der Waals surface area contributed by atoms with Gasteiger partial charge in [0, 0.05) is 0 Å². The van der Waals surface area contributed by atoms with Gasteiger partial charge < -0.3 is 9.47 Å². The Kier molecular flexibility index (Phi) is 6.74. The minimum Gasteiger partial charge on any atom is -0.373 e. The van der Waals surface area contributed by atoms with Crippen molar-refractivity contribution in [3.05, 3.63) is 35.4 Å². The van der Waals surface area contributed by atoms with Crippen LogP contribution in [0.5, 0.6) is 0 Å². The van der Waals surface area contributed by atoms with E-state index in [0.29, 0.717) is 12.7 Å². The van der Waals surface area contributed by atoms with E-state index >= 15 is 0 Å². The van der Waals surface area contributed by atoms with Gasteiger partial charge in [0.25, 0.3) is 0 Å². The molecule has 2 fully saturated rings. The van der Waals surface area contributed by atoms with E-state index in [2.05, 4.69) is 38.1 Å². The number of unbranched alkanes of at least 4 members (excludes halogenated alkanes) is 1. The molecule has 1 saturated carbocycles. The van der Waals surface area contributed by atoms with Crippen LogP contribution in [0.15, 0.2) is 24.3 Å². The highest BCUT2D eigenvalue weighted by Gasteiger charge is 2.26. The first-order valence-corrected chi connectivity index (χ1v) is 10.1. The SMILES string of the molecule is CCCCC1COC(c2ccc(C3CCCCC3CC)cc2)CO1. The number of hydrogen-bond acceptors (Lipinski definition) is 2. The summed E-state index contributed by atoms with van der Waals surface area (Å²) in [5.74, 6) is 1.64. The van der Waals surface area contributed by atoms with E-state index in [4.69, 9.17) is 9.47 Å². The minimum absolute atomic E-state index is 0.116. The molecular weight excluding hydrogens is 296 g/mol. The summed E-state index contributed by atoms with van der Waals surface area (Å²) in [6.45, 7) is 6.02. The summed E-state index contributed by atoms with van der Waals surface area (Å²) < 4.78 is 12.1. The molecule has 2 aliphatic rings. The van der Waals surface area contributed by atoms with Crippen LogP contribution in [0.25, 0.3) is 0 Å². The molecule has 0 spiro atoms. The number of hydrogen-bond donors (Lipinski definition) is 0. The van der Waals surface area contributed by atoms with Crippen molar-refractivity contribution in [2.75, 3.05) is 13.2 Å². The maximum atomic E-state index is 6.08. The van der Waals surface area contributed by atoms with E-state index in [0.717, 1.165) is 24.9 Å². The Morgan fingerprint density at radius 2 is 1.67 bits per heavy atom. The Labute approximate surface area is 147 Å². The van der Waals surface area contributed by atoms with E-state index < -0.39 is 0 Å².